The van der Waals surface area contributed by atoms with E-state index in [1.54, 1.807) is 6.07 Å². The van der Waals surface area contributed by atoms with Crippen LogP contribution in [0, 0.1) is 10.1 Å². The zero-order valence-electron chi connectivity index (χ0n) is 7.69. The molecule has 0 aliphatic carbocycles. The van der Waals surface area contributed by atoms with Crippen LogP contribution in [0.1, 0.15) is 12.5 Å². The first-order valence-electron chi connectivity index (χ1n) is 4.32. The molecule has 5 nitrogen and oxygen atoms in total. The summed E-state index contributed by atoms with van der Waals surface area (Å²) in [5, 5.41) is 10.7. The number of hydrogen-bond donors (Lipinski definition) is 1. The minimum Gasteiger partial charge on any atom is -0.483 e. The first kappa shape index (κ1) is 8.80. The lowest BCUT2D eigenvalue weighted by atomic mass is 10.1. The van der Waals surface area contributed by atoms with Gasteiger partial charge in [0.2, 0.25) is 5.75 Å². The van der Waals surface area contributed by atoms with Crippen molar-refractivity contribution in [3.63, 3.8) is 0 Å². The third-order valence-corrected chi connectivity index (χ3v) is 2.28. The number of hydrogen-bond acceptors (Lipinski definition) is 4. The molecule has 1 aliphatic rings. The number of nitrogen functional groups attached to an aromatic ring is 1. The first-order chi connectivity index (χ1) is 6.59. The van der Waals surface area contributed by atoms with Gasteiger partial charge in [0.05, 0.1) is 4.92 Å². The molecule has 1 aliphatic heterocycles. The van der Waals surface area contributed by atoms with Gasteiger partial charge in [-0.3, -0.25) is 10.1 Å². The van der Waals surface area contributed by atoms with Gasteiger partial charge in [0.1, 0.15) is 6.10 Å². The third kappa shape index (κ3) is 1.17. The first-order valence-corrected chi connectivity index (χ1v) is 4.32. The summed E-state index contributed by atoms with van der Waals surface area (Å²) in [6.45, 7) is 1.86. The molecule has 14 heavy (non-hydrogen) atoms. The van der Waals surface area contributed by atoms with Crippen molar-refractivity contribution in [3.05, 3.63) is 27.8 Å². The molecule has 0 saturated heterocycles. The van der Waals surface area contributed by atoms with Crippen molar-refractivity contribution in [3.8, 4) is 5.75 Å². The van der Waals surface area contributed by atoms with Gasteiger partial charge in [-0.2, -0.15) is 0 Å². The molecular formula is C9H10N2O3. The van der Waals surface area contributed by atoms with Crippen molar-refractivity contribution >= 4 is 11.4 Å². The molecule has 2 rings (SSSR count). The quantitative estimate of drug-likeness (QED) is 0.417. The van der Waals surface area contributed by atoms with Crippen LogP contribution in [0.25, 0.3) is 0 Å². The van der Waals surface area contributed by atoms with E-state index in [1.165, 1.54) is 6.07 Å². The predicted octanol–water partition coefficient (Wildman–Crippen LogP) is 1.50. The Kier molecular flexibility index (Phi) is 1.80. The summed E-state index contributed by atoms with van der Waals surface area (Å²) in [5.41, 5.74) is 7.02. The Hall–Kier alpha value is -1.78. The van der Waals surface area contributed by atoms with E-state index in [4.69, 9.17) is 10.5 Å². The van der Waals surface area contributed by atoms with Gasteiger partial charge in [0, 0.05) is 23.7 Å². The van der Waals surface area contributed by atoms with E-state index in [0.717, 1.165) is 5.56 Å². The molecule has 2 N–H and O–H groups in total. The number of nitrogens with zero attached hydrogens (tertiary/aromatic N) is 1. The topological polar surface area (TPSA) is 78.4 Å². The maximum absolute atomic E-state index is 10.7. The number of nitrogens with two attached hydrogens (primary N) is 1. The number of nitro benzene ring substituents is 1. The Labute approximate surface area is 80.6 Å². The fourth-order valence-electron chi connectivity index (χ4n) is 1.65. The summed E-state index contributed by atoms with van der Waals surface area (Å²) >= 11 is 0. The second-order valence-corrected chi connectivity index (χ2v) is 3.37. The molecule has 1 aromatic rings. The molecule has 1 aromatic carbocycles. The zero-order chi connectivity index (χ0) is 10.3. The van der Waals surface area contributed by atoms with Gasteiger partial charge in [-0.15, -0.1) is 0 Å². The minimum absolute atomic E-state index is 0.00134. The van der Waals surface area contributed by atoms with E-state index in [-0.39, 0.29) is 11.8 Å². The van der Waals surface area contributed by atoms with E-state index in [2.05, 4.69) is 0 Å². The number of fused-ring (bicyclic) bond motifs is 1. The standard InChI is InChI=1S/C9H10N2O3/c1-5-4-6-7(10)2-3-8(11(12)13)9(6)14-5/h2-3,5H,4,10H2,1H3. The van der Waals surface area contributed by atoms with E-state index in [0.29, 0.717) is 17.9 Å². The summed E-state index contributed by atoms with van der Waals surface area (Å²) in [5.74, 6) is 0.336. The van der Waals surface area contributed by atoms with Crippen molar-refractivity contribution in [1.82, 2.24) is 0 Å². The van der Waals surface area contributed by atoms with Crippen LogP contribution in [-0.2, 0) is 6.42 Å². The fraction of sp³-hybridized carbons (Fsp3) is 0.333. The van der Waals surface area contributed by atoms with Crippen LogP contribution in [0.3, 0.4) is 0 Å². The van der Waals surface area contributed by atoms with Crippen molar-refractivity contribution < 1.29 is 9.66 Å². The van der Waals surface area contributed by atoms with Crippen LogP contribution >= 0.6 is 0 Å². The SMILES string of the molecule is CC1Cc2c(N)ccc([N+](=O)[O-])c2O1. The van der Waals surface area contributed by atoms with E-state index >= 15 is 0 Å². The summed E-state index contributed by atoms with van der Waals surface area (Å²) in [6, 6.07) is 2.94. The molecule has 0 aromatic heterocycles. The number of rotatable bonds is 1. The zero-order valence-corrected chi connectivity index (χ0v) is 7.69. The summed E-state index contributed by atoms with van der Waals surface area (Å²) in [6.07, 6.45) is 0.608. The lowest BCUT2D eigenvalue weighted by Crippen LogP contribution is -2.06. The van der Waals surface area contributed by atoms with Crippen LogP contribution in [0.15, 0.2) is 12.1 Å². The second kappa shape index (κ2) is 2.87. The predicted molar refractivity (Wildman–Crippen MR) is 51.3 cm³/mol. The molecule has 0 spiro atoms. The molecule has 0 radical (unpaired) electrons. The Morgan fingerprint density at radius 1 is 1.64 bits per heavy atom. The normalized spacial score (nSPS) is 18.8. The molecule has 1 atom stereocenters. The Morgan fingerprint density at radius 3 is 3.00 bits per heavy atom. The maximum atomic E-state index is 10.7. The van der Waals surface area contributed by atoms with E-state index < -0.39 is 4.92 Å². The number of ether oxygens (including phenoxy) is 1. The van der Waals surface area contributed by atoms with Crippen LogP contribution < -0.4 is 10.5 Å². The molecule has 5 heteroatoms. The lowest BCUT2D eigenvalue weighted by molar-refractivity contribution is -0.385. The van der Waals surface area contributed by atoms with Gasteiger partial charge in [0.25, 0.3) is 0 Å². The highest BCUT2D eigenvalue weighted by Crippen LogP contribution is 2.40. The van der Waals surface area contributed by atoms with Crippen molar-refractivity contribution in [2.24, 2.45) is 0 Å². The largest absolute Gasteiger partial charge is 0.483 e. The van der Waals surface area contributed by atoms with Crippen LogP contribution in [0.4, 0.5) is 11.4 Å². The number of benzene rings is 1. The molecule has 1 heterocycles. The van der Waals surface area contributed by atoms with Gasteiger partial charge in [-0.05, 0) is 13.0 Å². The van der Waals surface area contributed by atoms with Crippen LogP contribution in [-0.4, -0.2) is 11.0 Å². The van der Waals surface area contributed by atoms with E-state index in [1.807, 2.05) is 6.92 Å². The molecule has 0 saturated carbocycles. The minimum atomic E-state index is -0.448. The highest BCUT2D eigenvalue weighted by Gasteiger charge is 2.29. The average Bonchev–Trinajstić information content (AvgIpc) is 2.47. The summed E-state index contributed by atoms with van der Waals surface area (Å²) in [4.78, 5) is 10.2. The smallest absolute Gasteiger partial charge is 0.311 e. The van der Waals surface area contributed by atoms with Gasteiger partial charge in [0.15, 0.2) is 0 Å². The molecule has 0 fully saturated rings. The van der Waals surface area contributed by atoms with Gasteiger partial charge in [-0.25, -0.2) is 0 Å². The lowest BCUT2D eigenvalue weighted by Gasteiger charge is -2.03. The highest BCUT2D eigenvalue weighted by molar-refractivity contribution is 5.65. The molecule has 0 amide bonds. The number of nitro groups is 1. The average molecular weight is 194 g/mol. The Balaban J connectivity index is 2.59. The monoisotopic (exact) mass is 194 g/mol. The molecule has 74 valence electrons. The van der Waals surface area contributed by atoms with Gasteiger partial charge < -0.3 is 10.5 Å². The van der Waals surface area contributed by atoms with Crippen molar-refractivity contribution in [2.45, 2.75) is 19.4 Å². The van der Waals surface area contributed by atoms with E-state index in [9.17, 15) is 10.1 Å². The third-order valence-electron chi connectivity index (χ3n) is 2.28. The molecular weight excluding hydrogens is 184 g/mol. The molecule has 1 unspecified atom stereocenters. The Bertz CT molecular complexity index is 403. The number of anilines is 1. The maximum Gasteiger partial charge on any atom is 0.311 e. The summed E-state index contributed by atoms with van der Waals surface area (Å²) < 4.78 is 5.36. The van der Waals surface area contributed by atoms with Crippen LogP contribution in [0.5, 0.6) is 5.75 Å². The summed E-state index contributed by atoms with van der Waals surface area (Å²) in [7, 11) is 0. The Morgan fingerprint density at radius 2 is 2.36 bits per heavy atom. The highest BCUT2D eigenvalue weighted by atomic mass is 16.6. The van der Waals surface area contributed by atoms with Gasteiger partial charge >= 0.3 is 5.69 Å². The molecule has 0 bridgehead atoms. The fourth-order valence-corrected chi connectivity index (χ4v) is 1.65. The second-order valence-electron chi connectivity index (χ2n) is 3.37. The van der Waals surface area contributed by atoms with Crippen LogP contribution in [0.2, 0.25) is 0 Å². The van der Waals surface area contributed by atoms with Gasteiger partial charge in [-0.1, -0.05) is 0 Å². The van der Waals surface area contributed by atoms with Crippen molar-refractivity contribution in [2.75, 3.05) is 5.73 Å². The van der Waals surface area contributed by atoms with Crippen molar-refractivity contribution in [1.29, 1.82) is 0 Å².